The normalized spacial score (nSPS) is 14.9. The van der Waals surface area contributed by atoms with Crippen LogP contribution in [-0.4, -0.2) is 18.7 Å². The Hall–Kier alpha value is -2.88. The van der Waals surface area contributed by atoms with Crippen molar-refractivity contribution in [3.8, 4) is 0 Å². The molecule has 10 heteroatoms. The highest BCUT2D eigenvalue weighted by atomic mass is 19.4. The van der Waals surface area contributed by atoms with Crippen LogP contribution in [0.4, 0.5) is 22.0 Å². The number of rotatable bonds is 9. The van der Waals surface area contributed by atoms with Crippen LogP contribution in [0, 0.1) is 17.6 Å². The van der Waals surface area contributed by atoms with Crippen LogP contribution in [0.25, 0.3) is 0 Å². The molecule has 0 saturated heterocycles. The van der Waals surface area contributed by atoms with Crippen molar-refractivity contribution in [1.82, 2.24) is 10.8 Å². The average Bonchev–Trinajstić information content (AvgIpc) is 3.48. The van der Waals surface area contributed by atoms with Crippen molar-refractivity contribution in [3.05, 3.63) is 71.1 Å². The standard InChI is InChI=1S/C19H20F5N3O2/c1-11(19(22,23)24)2-5-13(8-25)26-9-15-14(6-7-16(20)17(15)21)18(28)27-29-10-12-3-4-12/h2,5-8,12,26H,1,3-4,9-10,25H2,(H,27,28)/b5-2-,13-8+. The van der Waals surface area contributed by atoms with Gasteiger partial charge in [-0.1, -0.05) is 6.58 Å². The third-order valence-electron chi connectivity index (χ3n) is 4.10. The van der Waals surface area contributed by atoms with Gasteiger partial charge in [-0.3, -0.25) is 9.63 Å². The lowest BCUT2D eigenvalue weighted by Gasteiger charge is -2.14. The molecule has 4 N–H and O–H groups in total. The number of allylic oxidation sites excluding steroid dienone is 3. The summed E-state index contributed by atoms with van der Waals surface area (Å²) in [5, 5.41) is 2.55. The zero-order chi connectivity index (χ0) is 21.6. The fraction of sp³-hybridized carbons (Fsp3) is 0.316. The first-order chi connectivity index (χ1) is 13.6. The quantitative estimate of drug-likeness (QED) is 0.326. The lowest BCUT2D eigenvalue weighted by Crippen LogP contribution is -2.27. The lowest BCUT2D eigenvalue weighted by molar-refractivity contribution is -0.0878. The Morgan fingerprint density at radius 3 is 2.55 bits per heavy atom. The fourth-order valence-corrected chi connectivity index (χ4v) is 2.19. The Bertz CT molecular complexity index is 830. The van der Waals surface area contributed by atoms with E-state index in [2.05, 4.69) is 17.4 Å². The number of halogens is 5. The van der Waals surface area contributed by atoms with Gasteiger partial charge in [-0.05, 0) is 43.0 Å². The molecule has 1 aliphatic carbocycles. The second-order valence-electron chi connectivity index (χ2n) is 6.40. The molecule has 1 aromatic carbocycles. The highest BCUT2D eigenvalue weighted by Gasteiger charge is 2.29. The van der Waals surface area contributed by atoms with E-state index >= 15 is 0 Å². The van der Waals surface area contributed by atoms with Crippen LogP contribution in [0.15, 0.2) is 48.3 Å². The summed E-state index contributed by atoms with van der Waals surface area (Å²) in [6.07, 6.45) is -0.0255. The Morgan fingerprint density at radius 1 is 1.28 bits per heavy atom. The predicted molar refractivity (Wildman–Crippen MR) is 95.9 cm³/mol. The maximum absolute atomic E-state index is 14.2. The van der Waals surface area contributed by atoms with Crippen molar-refractivity contribution in [1.29, 1.82) is 0 Å². The van der Waals surface area contributed by atoms with E-state index in [9.17, 15) is 26.7 Å². The molecule has 158 valence electrons. The molecule has 0 aromatic heterocycles. The van der Waals surface area contributed by atoms with E-state index in [1.807, 2.05) is 0 Å². The molecule has 1 aromatic rings. The van der Waals surface area contributed by atoms with Gasteiger partial charge in [0.05, 0.1) is 12.3 Å². The number of hydrogen-bond donors (Lipinski definition) is 3. The molecule has 0 unspecified atom stereocenters. The molecule has 1 amide bonds. The lowest BCUT2D eigenvalue weighted by atomic mass is 10.1. The summed E-state index contributed by atoms with van der Waals surface area (Å²) in [5.41, 5.74) is 5.85. The summed E-state index contributed by atoms with van der Waals surface area (Å²) >= 11 is 0. The summed E-state index contributed by atoms with van der Waals surface area (Å²) < 4.78 is 65.3. The second-order valence-corrected chi connectivity index (χ2v) is 6.40. The molecule has 0 aliphatic heterocycles. The van der Waals surface area contributed by atoms with E-state index in [4.69, 9.17) is 10.6 Å². The summed E-state index contributed by atoms with van der Waals surface area (Å²) in [4.78, 5) is 17.3. The first kappa shape index (κ1) is 22.4. The summed E-state index contributed by atoms with van der Waals surface area (Å²) in [6.45, 7) is 2.78. The smallest absolute Gasteiger partial charge is 0.403 e. The van der Waals surface area contributed by atoms with Gasteiger partial charge >= 0.3 is 6.18 Å². The number of hydroxylamine groups is 1. The Labute approximate surface area is 164 Å². The van der Waals surface area contributed by atoms with Crippen molar-refractivity contribution in [2.24, 2.45) is 11.7 Å². The number of alkyl halides is 3. The third-order valence-corrected chi connectivity index (χ3v) is 4.10. The molecular formula is C19H20F5N3O2. The maximum atomic E-state index is 14.2. The van der Waals surface area contributed by atoms with Crippen molar-refractivity contribution < 1.29 is 31.6 Å². The van der Waals surface area contributed by atoms with E-state index in [1.54, 1.807) is 0 Å². The average molecular weight is 417 g/mol. The molecular weight excluding hydrogens is 397 g/mol. The highest BCUT2D eigenvalue weighted by Crippen LogP contribution is 2.28. The van der Waals surface area contributed by atoms with Gasteiger partial charge in [0.25, 0.3) is 5.91 Å². The molecule has 0 radical (unpaired) electrons. The SMILES string of the molecule is C=C(/C=C\C(=C/N)NCc1c(C(=O)NOCC2CC2)ccc(F)c1F)C(F)(F)F. The molecule has 1 fully saturated rings. The molecule has 0 atom stereocenters. The monoisotopic (exact) mass is 417 g/mol. The van der Waals surface area contributed by atoms with E-state index in [-0.39, 0.29) is 16.8 Å². The maximum Gasteiger partial charge on any atom is 0.415 e. The molecule has 0 heterocycles. The second kappa shape index (κ2) is 9.55. The van der Waals surface area contributed by atoms with Gasteiger partial charge in [0.15, 0.2) is 11.6 Å². The highest BCUT2D eigenvalue weighted by molar-refractivity contribution is 5.95. The number of carbonyl (C=O) groups excluding carboxylic acids is 1. The van der Waals surface area contributed by atoms with Gasteiger partial charge in [0.1, 0.15) is 0 Å². The van der Waals surface area contributed by atoms with E-state index in [0.29, 0.717) is 18.6 Å². The van der Waals surface area contributed by atoms with Gasteiger partial charge in [0, 0.05) is 29.4 Å². The van der Waals surface area contributed by atoms with Crippen LogP contribution in [-0.2, 0) is 11.4 Å². The minimum atomic E-state index is -4.61. The summed E-state index contributed by atoms with van der Waals surface area (Å²) in [6, 6.07) is 1.87. The molecule has 1 saturated carbocycles. The minimum absolute atomic E-state index is 0.0181. The first-order valence-corrected chi connectivity index (χ1v) is 8.62. The van der Waals surface area contributed by atoms with Crippen LogP contribution in [0.5, 0.6) is 0 Å². The third kappa shape index (κ3) is 6.60. The molecule has 29 heavy (non-hydrogen) atoms. The van der Waals surface area contributed by atoms with Crippen LogP contribution < -0.4 is 16.5 Å². The van der Waals surface area contributed by atoms with Crippen LogP contribution >= 0.6 is 0 Å². The van der Waals surface area contributed by atoms with E-state index in [1.165, 1.54) is 0 Å². The number of carbonyl (C=O) groups is 1. The Balaban J connectivity index is 2.09. The van der Waals surface area contributed by atoms with Gasteiger partial charge in [0.2, 0.25) is 0 Å². The molecule has 0 spiro atoms. The number of nitrogens with one attached hydrogen (secondary N) is 2. The summed E-state index contributed by atoms with van der Waals surface area (Å²) in [5.74, 6) is -2.86. The Morgan fingerprint density at radius 2 is 1.97 bits per heavy atom. The number of hydrogen-bond acceptors (Lipinski definition) is 4. The summed E-state index contributed by atoms with van der Waals surface area (Å²) in [7, 11) is 0. The largest absolute Gasteiger partial charge is 0.415 e. The molecule has 0 bridgehead atoms. The van der Waals surface area contributed by atoms with E-state index in [0.717, 1.165) is 37.3 Å². The van der Waals surface area contributed by atoms with E-state index < -0.39 is 35.8 Å². The molecule has 1 aliphatic rings. The van der Waals surface area contributed by atoms with Gasteiger partial charge in [-0.15, -0.1) is 0 Å². The van der Waals surface area contributed by atoms with Crippen molar-refractivity contribution in [2.45, 2.75) is 25.6 Å². The van der Waals surface area contributed by atoms with Crippen LogP contribution in [0.2, 0.25) is 0 Å². The topological polar surface area (TPSA) is 76.4 Å². The number of amides is 1. The zero-order valence-electron chi connectivity index (χ0n) is 15.3. The van der Waals surface area contributed by atoms with Crippen LogP contribution in [0.1, 0.15) is 28.8 Å². The first-order valence-electron chi connectivity index (χ1n) is 8.62. The number of benzene rings is 1. The fourth-order valence-electron chi connectivity index (χ4n) is 2.19. The van der Waals surface area contributed by atoms with Crippen LogP contribution in [0.3, 0.4) is 0 Å². The van der Waals surface area contributed by atoms with Crippen molar-refractivity contribution in [2.75, 3.05) is 6.61 Å². The number of nitrogens with two attached hydrogens (primary N) is 1. The van der Waals surface area contributed by atoms with Gasteiger partial charge < -0.3 is 11.1 Å². The predicted octanol–water partition coefficient (Wildman–Crippen LogP) is 3.60. The molecule has 2 rings (SSSR count). The minimum Gasteiger partial charge on any atom is -0.403 e. The zero-order valence-corrected chi connectivity index (χ0v) is 15.3. The van der Waals surface area contributed by atoms with Crippen molar-refractivity contribution >= 4 is 5.91 Å². The Kier molecular flexibility index (Phi) is 7.38. The van der Waals surface area contributed by atoms with Gasteiger partial charge in [-0.2, -0.15) is 13.2 Å². The van der Waals surface area contributed by atoms with Crippen molar-refractivity contribution in [3.63, 3.8) is 0 Å². The van der Waals surface area contributed by atoms with Gasteiger partial charge in [-0.25, -0.2) is 14.3 Å². The molecule has 5 nitrogen and oxygen atoms in total.